The van der Waals surface area contributed by atoms with Gasteiger partial charge in [0.1, 0.15) is 5.69 Å². The third-order valence-electron chi connectivity index (χ3n) is 5.03. The van der Waals surface area contributed by atoms with Crippen LogP contribution in [0.25, 0.3) is 0 Å². The molecule has 2 amide bonds. The Morgan fingerprint density at radius 1 is 1.11 bits per heavy atom. The van der Waals surface area contributed by atoms with Crippen LogP contribution in [0.4, 0.5) is 16.2 Å². The van der Waals surface area contributed by atoms with Gasteiger partial charge in [0, 0.05) is 38.2 Å². The zero-order valence-electron chi connectivity index (χ0n) is 15.5. The predicted molar refractivity (Wildman–Crippen MR) is 105 cm³/mol. The number of carbonyl (C=O) groups is 1. The van der Waals surface area contributed by atoms with E-state index in [1.54, 1.807) is 24.1 Å². The van der Waals surface area contributed by atoms with Crippen molar-refractivity contribution in [3.8, 4) is 0 Å². The Bertz CT molecular complexity index is 812. The molecular weight excluding hydrogens is 344 g/mol. The number of amides is 2. The molecule has 0 radical (unpaired) electrons. The van der Waals surface area contributed by atoms with Crippen LogP contribution in [0.2, 0.25) is 0 Å². The van der Waals surface area contributed by atoms with Crippen LogP contribution in [-0.4, -0.2) is 54.0 Å². The Morgan fingerprint density at radius 3 is 2.48 bits per heavy atom. The van der Waals surface area contributed by atoms with Crippen molar-refractivity contribution in [2.45, 2.75) is 18.4 Å². The average molecular weight is 368 g/mol. The van der Waals surface area contributed by atoms with E-state index in [4.69, 9.17) is 0 Å². The molecule has 142 valence electrons. The van der Waals surface area contributed by atoms with Crippen LogP contribution >= 0.6 is 0 Å². The van der Waals surface area contributed by atoms with Crippen LogP contribution in [0.3, 0.4) is 0 Å². The van der Waals surface area contributed by atoms with E-state index < -0.39 is 4.92 Å². The fraction of sp³-hybridized carbons (Fsp3) is 0.350. The molecule has 27 heavy (non-hydrogen) atoms. The fourth-order valence-corrected chi connectivity index (χ4v) is 3.25. The van der Waals surface area contributed by atoms with Gasteiger partial charge in [-0.3, -0.25) is 10.1 Å². The van der Waals surface area contributed by atoms with Gasteiger partial charge in [0.15, 0.2) is 0 Å². The zero-order chi connectivity index (χ0) is 19.4. The lowest BCUT2D eigenvalue weighted by atomic mass is 10.1. The third-order valence-corrected chi connectivity index (χ3v) is 5.03. The van der Waals surface area contributed by atoms with Gasteiger partial charge in [0.25, 0.3) is 5.69 Å². The van der Waals surface area contributed by atoms with Gasteiger partial charge in [0.05, 0.1) is 4.92 Å². The molecule has 2 unspecified atom stereocenters. The highest BCUT2D eigenvalue weighted by Crippen LogP contribution is 2.43. The molecule has 0 spiro atoms. The summed E-state index contributed by atoms with van der Waals surface area (Å²) in [6, 6.07) is 16.7. The van der Waals surface area contributed by atoms with E-state index in [-0.39, 0.29) is 17.4 Å². The Morgan fingerprint density at radius 2 is 1.78 bits per heavy atom. The summed E-state index contributed by atoms with van der Waals surface area (Å²) in [6.07, 6.45) is 1.13. The summed E-state index contributed by atoms with van der Waals surface area (Å²) in [5.41, 5.74) is 1.45. The van der Waals surface area contributed by atoms with Crippen LogP contribution in [0.5, 0.6) is 0 Å². The van der Waals surface area contributed by atoms with Crippen molar-refractivity contribution in [1.82, 2.24) is 9.80 Å². The first-order chi connectivity index (χ1) is 13.0. The van der Waals surface area contributed by atoms with Gasteiger partial charge in [0.2, 0.25) is 0 Å². The van der Waals surface area contributed by atoms with Gasteiger partial charge in [-0.25, -0.2) is 4.79 Å². The van der Waals surface area contributed by atoms with Crippen molar-refractivity contribution in [3.63, 3.8) is 0 Å². The van der Waals surface area contributed by atoms with Crippen LogP contribution in [-0.2, 0) is 0 Å². The number of urea groups is 1. The topological polar surface area (TPSA) is 78.7 Å². The number of hydrogen-bond donors (Lipinski definition) is 1. The molecule has 1 saturated carbocycles. The number of nitro groups is 1. The van der Waals surface area contributed by atoms with E-state index >= 15 is 0 Å². The normalized spacial score (nSPS) is 18.2. The number of hydrogen-bond acceptors (Lipinski definition) is 4. The minimum absolute atomic E-state index is 0.111. The fourth-order valence-electron chi connectivity index (χ4n) is 3.25. The molecule has 0 aromatic heterocycles. The van der Waals surface area contributed by atoms with Crippen molar-refractivity contribution in [2.24, 2.45) is 0 Å². The molecule has 1 N–H and O–H groups in total. The minimum atomic E-state index is -0.500. The summed E-state index contributed by atoms with van der Waals surface area (Å²) in [5.74, 6) is 0.558. The number of nitrogens with one attached hydrogen (secondary N) is 1. The lowest BCUT2D eigenvalue weighted by Crippen LogP contribution is -2.38. The lowest BCUT2D eigenvalue weighted by molar-refractivity contribution is -0.383. The van der Waals surface area contributed by atoms with E-state index in [1.807, 2.05) is 6.07 Å². The monoisotopic (exact) mass is 368 g/mol. The van der Waals surface area contributed by atoms with Crippen LogP contribution in [0.1, 0.15) is 17.9 Å². The highest BCUT2D eigenvalue weighted by molar-refractivity contribution is 5.91. The van der Waals surface area contributed by atoms with Gasteiger partial charge in [-0.2, -0.15) is 0 Å². The Kier molecular flexibility index (Phi) is 5.71. The smallest absolute Gasteiger partial charge is 0.321 e. The van der Waals surface area contributed by atoms with Crippen LogP contribution < -0.4 is 5.32 Å². The summed E-state index contributed by atoms with van der Waals surface area (Å²) < 4.78 is 0. The number of rotatable bonds is 7. The van der Waals surface area contributed by atoms with Gasteiger partial charge >= 0.3 is 6.03 Å². The number of para-hydroxylation sites is 2. The second-order valence-corrected chi connectivity index (χ2v) is 6.93. The molecule has 7 nitrogen and oxygen atoms in total. The molecule has 1 aliphatic rings. The van der Waals surface area contributed by atoms with Crippen molar-refractivity contribution in [3.05, 3.63) is 70.3 Å². The van der Waals surface area contributed by atoms with Crippen molar-refractivity contribution in [2.75, 3.05) is 32.5 Å². The maximum atomic E-state index is 12.3. The Balaban J connectivity index is 1.49. The summed E-state index contributed by atoms with van der Waals surface area (Å²) >= 11 is 0. The van der Waals surface area contributed by atoms with Crippen molar-refractivity contribution < 1.29 is 9.72 Å². The van der Waals surface area contributed by atoms with E-state index in [1.165, 1.54) is 17.7 Å². The SMILES string of the molecule is CN(CCN(C)C1CC1c1ccccc1)C(=O)Nc1ccccc1[N+](=O)[O-]. The van der Waals surface area contributed by atoms with Crippen molar-refractivity contribution in [1.29, 1.82) is 0 Å². The molecule has 2 atom stereocenters. The third kappa shape index (κ3) is 4.62. The molecular formula is C20H24N4O3. The maximum absolute atomic E-state index is 12.3. The molecule has 2 aromatic carbocycles. The van der Waals surface area contributed by atoms with E-state index in [2.05, 4.69) is 41.5 Å². The first kappa shape index (κ1) is 18.8. The second kappa shape index (κ2) is 8.18. The van der Waals surface area contributed by atoms with E-state index in [0.29, 0.717) is 18.5 Å². The lowest BCUT2D eigenvalue weighted by Gasteiger charge is -2.23. The van der Waals surface area contributed by atoms with Gasteiger partial charge in [-0.15, -0.1) is 0 Å². The molecule has 2 aromatic rings. The van der Waals surface area contributed by atoms with E-state index in [0.717, 1.165) is 13.0 Å². The molecule has 7 heteroatoms. The predicted octanol–water partition coefficient (Wildman–Crippen LogP) is 3.55. The van der Waals surface area contributed by atoms with Gasteiger partial charge in [-0.05, 0) is 25.1 Å². The summed E-state index contributed by atoms with van der Waals surface area (Å²) in [4.78, 5) is 26.7. The Labute approximate surface area is 158 Å². The average Bonchev–Trinajstić information content (AvgIpc) is 3.47. The number of likely N-dealkylation sites (N-methyl/N-ethyl adjacent to an activating group) is 2. The number of nitro benzene ring substituents is 1. The number of anilines is 1. The quantitative estimate of drug-likeness (QED) is 0.599. The number of nitrogens with zero attached hydrogens (tertiary/aromatic N) is 3. The molecule has 0 aliphatic heterocycles. The highest BCUT2D eigenvalue weighted by atomic mass is 16.6. The van der Waals surface area contributed by atoms with Crippen LogP contribution in [0, 0.1) is 10.1 Å². The first-order valence-electron chi connectivity index (χ1n) is 8.98. The second-order valence-electron chi connectivity index (χ2n) is 6.93. The van der Waals surface area contributed by atoms with Crippen molar-refractivity contribution >= 4 is 17.4 Å². The molecule has 1 aliphatic carbocycles. The molecule has 3 rings (SSSR count). The maximum Gasteiger partial charge on any atom is 0.321 e. The van der Waals surface area contributed by atoms with Gasteiger partial charge in [-0.1, -0.05) is 42.5 Å². The summed E-state index contributed by atoms with van der Waals surface area (Å²) in [7, 11) is 3.76. The summed E-state index contributed by atoms with van der Waals surface area (Å²) in [6.45, 7) is 1.29. The van der Waals surface area contributed by atoms with Gasteiger partial charge < -0.3 is 15.1 Å². The van der Waals surface area contributed by atoms with Crippen LogP contribution in [0.15, 0.2) is 54.6 Å². The number of benzene rings is 2. The first-order valence-corrected chi connectivity index (χ1v) is 8.98. The molecule has 0 bridgehead atoms. The highest BCUT2D eigenvalue weighted by Gasteiger charge is 2.40. The molecule has 1 fully saturated rings. The molecule has 0 heterocycles. The standard InChI is InChI=1S/C20H24N4O3/c1-22(19-14-16(19)15-8-4-3-5-9-15)12-13-23(2)20(25)21-17-10-6-7-11-18(17)24(26)27/h3-11,16,19H,12-14H2,1-2H3,(H,21,25). The molecule has 0 saturated heterocycles. The summed E-state index contributed by atoms with van der Waals surface area (Å²) in [5, 5.41) is 13.7. The largest absolute Gasteiger partial charge is 0.326 e. The minimum Gasteiger partial charge on any atom is -0.326 e. The Hall–Kier alpha value is -2.93. The zero-order valence-corrected chi connectivity index (χ0v) is 15.5. The van der Waals surface area contributed by atoms with E-state index in [9.17, 15) is 14.9 Å². The number of carbonyl (C=O) groups excluding carboxylic acids is 1.